The van der Waals surface area contributed by atoms with Gasteiger partial charge in [-0.2, -0.15) is 0 Å². The van der Waals surface area contributed by atoms with Gasteiger partial charge in [0.2, 0.25) is 0 Å². The molecule has 0 atom stereocenters. The van der Waals surface area contributed by atoms with E-state index >= 15 is 0 Å². The number of aromatic carboxylic acids is 1. The number of aromatic nitrogens is 1. The average Bonchev–Trinajstić information content (AvgIpc) is 2.76. The van der Waals surface area contributed by atoms with Crippen LogP contribution in [0.25, 0.3) is 0 Å². The van der Waals surface area contributed by atoms with E-state index in [0.29, 0.717) is 12.2 Å². The van der Waals surface area contributed by atoms with Crippen molar-refractivity contribution in [1.29, 1.82) is 0 Å². The van der Waals surface area contributed by atoms with E-state index in [9.17, 15) is 9.90 Å². The molecule has 0 unspecified atom stereocenters. The number of ether oxygens (including phenoxy) is 1. The highest BCUT2D eigenvalue weighted by Gasteiger charge is 2.17. The fourth-order valence-corrected chi connectivity index (χ4v) is 2.39. The number of rotatable bonds is 5. The lowest BCUT2D eigenvalue weighted by Crippen LogP contribution is -2.12. The first kappa shape index (κ1) is 14.2. The number of carboxylic acid groups (broad SMARTS) is 1. The normalized spacial score (nSPS) is 10.6. The van der Waals surface area contributed by atoms with Gasteiger partial charge < -0.3 is 14.4 Å². The van der Waals surface area contributed by atoms with Crippen molar-refractivity contribution in [2.45, 2.75) is 26.8 Å². The van der Waals surface area contributed by atoms with E-state index in [1.165, 1.54) is 0 Å². The number of carbonyl (C=O) groups is 1. The minimum Gasteiger partial charge on any atom is -0.497 e. The van der Waals surface area contributed by atoms with Gasteiger partial charge in [-0.05, 0) is 42.7 Å². The Kier molecular flexibility index (Phi) is 4.13. The number of nitrogens with zero attached hydrogens (tertiary/aromatic N) is 1. The Morgan fingerprint density at radius 1 is 1.30 bits per heavy atom. The molecule has 2 aromatic rings. The maximum Gasteiger partial charge on any atom is 0.352 e. The Morgan fingerprint density at radius 2 is 1.95 bits per heavy atom. The van der Waals surface area contributed by atoms with Crippen molar-refractivity contribution in [2.24, 2.45) is 0 Å². The van der Waals surface area contributed by atoms with Crippen molar-refractivity contribution in [1.82, 2.24) is 4.57 Å². The molecule has 0 amide bonds. The van der Waals surface area contributed by atoms with Gasteiger partial charge in [0.25, 0.3) is 0 Å². The van der Waals surface area contributed by atoms with Crippen molar-refractivity contribution in [3.05, 3.63) is 52.8 Å². The lowest BCUT2D eigenvalue weighted by molar-refractivity contribution is 0.0684. The molecule has 1 aromatic carbocycles. The molecular weight excluding hydrogens is 254 g/mol. The van der Waals surface area contributed by atoms with Crippen LogP contribution in [0.15, 0.2) is 30.3 Å². The van der Waals surface area contributed by atoms with Crippen molar-refractivity contribution in [2.75, 3.05) is 7.11 Å². The highest BCUT2D eigenvalue weighted by atomic mass is 16.5. The zero-order valence-electron chi connectivity index (χ0n) is 12.0. The van der Waals surface area contributed by atoms with Gasteiger partial charge in [0.15, 0.2) is 0 Å². The van der Waals surface area contributed by atoms with Gasteiger partial charge in [-0.15, -0.1) is 0 Å². The average molecular weight is 273 g/mol. The maximum absolute atomic E-state index is 11.5. The van der Waals surface area contributed by atoms with Crippen LogP contribution in [0, 0.1) is 6.92 Å². The summed E-state index contributed by atoms with van der Waals surface area (Å²) >= 11 is 0. The molecule has 0 aliphatic rings. The number of methoxy groups -OCH3 is 1. The lowest BCUT2D eigenvalue weighted by Gasteiger charge is -2.10. The Labute approximate surface area is 118 Å². The number of aryl methyl sites for hydroxylation is 2. The summed E-state index contributed by atoms with van der Waals surface area (Å²) in [7, 11) is 1.63. The zero-order chi connectivity index (χ0) is 14.7. The lowest BCUT2D eigenvalue weighted by atomic mass is 10.2. The van der Waals surface area contributed by atoms with E-state index in [1.807, 2.05) is 48.7 Å². The third-order valence-corrected chi connectivity index (χ3v) is 3.47. The molecule has 4 nitrogen and oxygen atoms in total. The van der Waals surface area contributed by atoms with Gasteiger partial charge in [0.1, 0.15) is 11.4 Å². The Morgan fingerprint density at radius 3 is 2.45 bits per heavy atom. The molecule has 1 heterocycles. The van der Waals surface area contributed by atoms with E-state index in [4.69, 9.17) is 4.74 Å². The molecule has 0 bridgehead atoms. The molecule has 0 aliphatic carbocycles. The molecule has 106 valence electrons. The van der Waals surface area contributed by atoms with Crippen LogP contribution in [-0.2, 0) is 13.0 Å². The summed E-state index contributed by atoms with van der Waals surface area (Å²) in [5, 5.41) is 9.41. The first-order valence-electron chi connectivity index (χ1n) is 6.62. The summed E-state index contributed by atoms with van der Waals surface area (Å²) in [5.41, 5.74) is 3.29. The smallest absolute Gasteiger partial charge is 0.352 e. The third-order valence-electron chi connectivity index (χ3n) is 3.47. The van der Waals surface area contributed by atoms with Gasteiger partial charge in [0.05, 0.1) is 7.11 Å². The molecule has 0 aliphatic heterocycles. The number of hydrogen-bond acceptors (Lipinski definition) is 2. The number of benzene rings is 1. The molecule has 0 radical (unpaired) electrons. The second-order valence-corrected chi connectivity index (χ2v) is 4.75. The first-order valence-corrected chi connectivity index (χ1v) is 6.62. The van der Waals surface area contributed by atoms with E-state index in [0.717, 1.165) is 29.0 Å². The standard InChI is InChI=1S/C16H19NO3/c1-4-13-9-11(2)17(15(13)16(18)19)10-12-5-7-14(20-3)8-6-12/h5-9H,4,10H2,1-3H3,(H,18,19). The summed E-state index contributed by atoms with van der Waals surface area (Å²) < 4.78 is 6.98. The topological polar surface area (TPSA) is 51.5 Å². The molecule has 1 aromatic heterocycles. The third kappa shape index (κ3) is 2.69. The SMILES string of the molecule is CCc1cc(C)n(Cc2ccc(OC)cc2)c1C(=O)O. The molecule has 20 heavy (non-hydrogen) atoms. The van der Waals surface area contributed by atoms with E-state index in [2.05, 4.69) is 0 Å². The summed E-state index contributed by atoms with van der Waals surface area (Å²) in [5.74, 6) is -0.0749. The minimum atomic E-state index is -0.872. The number of hydrogen-bond donors (Lipinski definition) is 1. The Balaban J connectivity index is 2.36. The van der Waals surface area contributed by atoms with E-state index in [-0.39, 0.29) is 0 Å². The van der Waals surface area contributed by atoms with Crippen LogP contribution in [0.1, 0.15) is 34.2 Å². The Bertz CT molecular complexity index is 611. The quantitative estimate of drug-likeness (QED) is 0.910. The van der Waals surface area contributed by atoms with Gasteiger partial charge >= 0.3 is 5.97 Å². The zero-order valence-corrected chi connectivity index (χ0v) is 12.0. The van der Waals surface area contributed by atoms with Crippen molar-refractivity contribution in [3.63, 3.8) is 0 Å². The van der Waals surface area contributed by atoms with Crippen LogP contribution in [0.5, 0.6) is 5.75 Å². The second kappa shape index (κ2) is 5.82. The molecule has 2 rings (SSSR count). The van der Waals surface area contributed by atoms with Gasteiger partial charge in [-0.3, -0.25) is 0 Å². The van der Waals surface area contributed by atoms with Crippen LogP contribution < -0.4 is 4.74 Å². The van der Waals surface area contributed by atoms with Gasteiger partial charge in [-0.1, -0.05) is 19.1 Å². The molecule has 0 saturated heterocycles. The second-order valence-electron chi connectivity index (χ2n) is 4.75. The fraction of sp³-hybridized carbons (Fsp3) is 0.312. The molecule has 4 heteroatoms. The minimum absolute atomic E-state index is 0.390. The van der Waals surface area contributed by atoms with Crippen molar-refractivity contribution < 1.29 is 14.6 Å². The molecule has 0 saturated carbocycles. The van der Waals surface area contributed by atoms with Gasteiger partial charge in [0, 0.05) is 12.2 Å². The molecule has 0 fully saturated rings. The van der Waals surface area contributed by atoms with Crippen LogP contribution in [0.3, 0.4) is 0 Å². The summed E-state index contributed by atoms with van der Waals surface area (Å²) in [6.45, 7) is 4.46. The van der Waals surface area contributed by atoms with Crippen LogP contribution in [0.4, 0.5) is 0 Å². The summed E-state index contributed by atoms with van der Waals surface area (Å²) in [4.78, 5) is 11.5. The molecule has 0 spiro atoms. The first-order chi connectivity index (χ1) is 9.56. The van der Waals surface area contributed by atoms with Crippen LogP contribution >= 0.6 is 0 Å². The predicted octanol–water partition coefficient (Wildman–Crippen LogP) is 3.11. The largest absolute Gasteiger partial charge is 0.497 e. The monoisotopic (exact) mass is 273 g/mol. The van der Waals surface area contributed by atoms with Crippen LogP contribution in [0.2, 0.25) is 0 Å². The summed E-state index contributed by atoms with van der Waals surface area (Å²) in [6, 6.07) is 9.63. The molecular formula is C16H19NO3. The van der Waals surface area contributed by atoms with E-state index in [1.54, 1.807) is 7.11 Å². The van der Waals surface area contributed by atoms with E-state index < -0.39 is 5.97 Å². The fourth-order valence-electron chi connectivity index (χ4n) is 2.39. The summed E-state index contributed by atoms with van der Waals surface area (Å²) in [6.07, 6.45) is 0.720. The van der Waals surface area contributed by atoms with Crippen molar-refractivity contribution in [3.8, 4) is 5.75 Å². The predicted molar refractivity (Wildman–Crippen MR) is 77.6 cm³/mol. The molecule has 1 N–H and O–H groups in total. The Hall–Kier alpha value is -2.23. The van der Waals surface area contributed by atoms with Crippen LogP contribution in [-0.4, -0.2) is 22.8 Å². The highest BCUT2D eigenvalue weighted by Crippen LogP contribution is 2.20. The van der Waals surface area contributed by atoms with Gasteiger partial charge in [-0.25, -0.2) is 4.79 Å². The maximum atomic E-state index is 11.5. The highest BCUT2D eigenvalue weighted by molar-refractivity contribution is 5.88. The number of carboxylic acids is 1. The van der Waals surface area contributed by atoms with Crippen molar-refractivity contribution >= 4 is 5.97 Å².